The number of rotatable bonds is 7. The van der Waals surface area contributed by atoms with Crippen molar-refractivity contribution in [1.29, 1.82) is 0 Å². The summed E-state index contributed by atoms with van der Waals surface area (Å²) in [5, 5.41) is 7.82. The standard InChI is InChI=1S/C16H23N3S/c1-4-7-17-13(2)15-5-8-18-16(10-15)19(3)11-14-6-9-20-12-14/h5-6,8-10,12-13,17H,4,7,11H2,1-3H3. The van der Waals surface area contributed by atoms with Gasteiger partial charge in [-0.2, -0.15) is 11.3 Å². The van der Waals surface area contributed by atoms with Crippen LogP contribution in [-0.2, 0) is 6.54 Å². The number of nitrogens with one attached hydrogen (secondary N) is 1. The monoisotopic (exact) mass is 289 g/mol. The van der Waals surface area contributed by atoms with Gasteiger partial charge in [0.2, 0.25) is 0 Å². The molecule has 0 radical (unpaired) electrons. The van der Waals surface area contributed by atoms with Crippen molar-refractivity contribution >= 4 is 17.2 Å². The van der Waals surface area contributed by atoms with E-state index >= 15 is 0 Å². The SMILES string of the molecule is CCCNC(C)c1ccnc(N(C)Cc2ccsc2)c1. The maximum absolute atomic E-state index is 4.48. The average Bonchev–Trinajstić information content (AvgIpc) is 2.97. The van der Waals surface area contributed by atoms with Gasteiger partial charge in [0.05, 0.1) is 0 Å². The molecule has 2 rings (SSSR count). The zero-order chi connectivity index (χ0) is 14.4. The predicted molar refractivity (Wildman–Crippen MR) is 87.4 cm³/mol. The number of pyridine rings is 1. The predicted octanol–water partition coefficient (Wildman–Crippen LogP) is 3.84. The third-order valence-corrected chi connectivity index (χ3v) is 4.09. The normalized spacial score (nSPS) is 12.3. The van der Waals surface area contributed by atoms with Gasteiger partial charge in [-0.15, -0.1) is 0 Å². The second-order valence-corrected chi connectivity index (χ2v) is 5.89. The number of hydrogen-bond donors (Lipinski definition) is 1. The molecule has 4 heteroatoms. The third kappa shape index (κ3) is 4.05. The molecule has 1 N–H and O–H groups in total. The Morgan fingerprint density at radius 1 is 1.40 bits per heavy atom. The summed E-state index contributed by atoms with van der Waals surface area (Å²) in [4.78, 5) is 6.68. The van der Waals surface area contributed by atoms with E-state index in [4.69, 9.17) is 0 Å². The molecule has 0 saturated carbocycles. The summed E-state index contributed by atoms with van der Waals surface area (Å²) in [7, 11) is 2.09. The Labute approximate surface area is 125 Å². The van der Waals surface area contributed by atoms with Gasteiger partial charge in [-0.3, -0.25) is 0 Å². The molecule has 3 nitrogen and oxygen atoms in total. The molecule has 20 heavy (non-hydrogen) atoms. The first kappa shape index (κ1) is 15.0. The number of hydrogen-bond acceptors (Lipinski definition) is 4. The Balaban J connectivity index is 2.04. The number of thiophene rings is 1. The van der Waals surface area contributed by atoms with E-state index in [0.29, 0.717) is 6.04 Å². The van der Waals surface area contributed by atoms with Gasteiger partial charge in [0.15, 0.2) is 0 Å². The molecule has 0 amide bonds. The molecule has 0 bridgehead atoms. The van der Waals surface area contributed by atoms with E-state index in [1.165, 1.54) is 11.1 Å². The van der Waals surface area contributed by atoms with Gasteiger partial charge in [-0.1, -0.05) is 6.92 Å². The lowest BCUT2D eigenvalue weighted by atomic mass is 10.1. The molecule has 1 atom stereocenters. The molecule has 0 aliphatic heterocycles. The largest absolute Gasteiger partial charge is 0.355 e. The summed E-state index contributed by atoms with van der Waals surface area (Å²) in [5.41, 5.74) is 2.63. The highest BCUT2D eigenvalue weighted by molar-refractivity contribution is 7.07. The van der Waals surface area contributed by atoms with Gasteiger partial charge < -0.3 is 10.2 Å². The molecule has 0 aromatic carbocycles. The van der Waals surface area contributed by atoms with Crippen LogP contribution in [0.25, 0.3) is 0 Å². The molecular weight excluding hydrogens is 266 g/mol. The number of anilines is 1. The minimum Gasteiger partial charge on any atom is -0.355 e. The van der Waals surface area contributed by atoms with Crippen LogP contribution < -0.4 is 10.2 Å². The van der Waals surface area contributed by atoms with Crippen molar-refractivity contribution in [2.75, 3.05) is 18.5 Å². The highest BCUT2D eigenvalue weighted by atomic mass is 32.1. The van der Waals surface area contributed by atoms with Gasteiger partial charge >= 0.3 is 0 Å². The van der Waals surface area contributed by atoms with Gasteiger partial charge in [0, 0.05) is 25.8 Å². The van der Waals surface area contributed by atoms with Crippen molar-refractivity contribution in [1.82, 2.24) is 10.3 Å². The first-order valence-electron chi connectivity index (χ1n) is 7.12. The van der Waals surface area contributed by atoms with Gasteiger partial charge in [-0.25, -0.2) is 4.98 Å². The highest BCUT2D eigenvalue weighted by Crippen LogP contribution is 2.19. The molecule has 108 valence electrons. The summed E-state index contributed by atoms with van der Waals surface area (Å²) in [6.45, 7) is 6.33. The van der Waals surface area contributed by atoms with Crippen LogP contribution in [0, 0.1) is 0 Å². The van der Waals surface area contributed by atoms with E-state index in [1.807, 2.05) is 6.20 Å². The fourth-order valence-corrected chi connectivity index (χ4v) is 2.79. The summed E-state index contributed by atoms with van der Waals surface area (Å²) >= 11 is 1.74. The van der Waals surface area contributed by atoms with Crippen LogP contribution >= 0.6 is 11.3 Å². The summed E-state index contributed by atoms with van der Waals surface area (Å²) in [6, 6.07) is 6.80. The zero-order valence-electron chi connectivity index (χ0n) is 12.5. The lowest BCUT2D eigenvalue weighted by Crippen LogP contribution is -2.21. The summed E-state index contributed by atoms with van der Waals surface area (Å²) in [6.07, 6.45) is 3.05. The van der Waals surface area contributed by atoms with Gasteiger partial charge in [-0.05, 0) is 60.0 Å². The van der Waals surface area contributed by atoms with Crippen LogP contribution in [0.2, 0.25) is 0 Å². The fraction of sp³-hybridized carbons (Fsp3) is 0.438. The Hall–Kier alpha value is -1.39. The topological polar surface area (TPSA) is 28.2 Å². The minimum absolute atomic E-state index is 0.367. The molecule has 0 aliphatic rings. The second kappa shape index (κ2) is 7.41. The number of aromatic nitrogens is 1. The highest BCUT2D eigenvalue weighted by Gasteiger charge is 2.08. The minimum atomic E-state index is 0.367. The van der Waals surface area contributed by atoms with Crippen molar-refractivity contribution in [2.45, 2.75) is 32.9 Å². The van der Waals surface area contributed by atoms with Crippen LogP contribution in [0.1, 0.15) is 37.4 Å². The van der Waals surface area contributed by atoms with Crippen molar-refractivity contribution in [3.8, 4) is 0 Å². The Morgan fingerprint density at radius 3 is 2.95 bits per heavy atom. The van der Waals surface area contributed by atoms with E-state index in [2.05, 4.69) is 65.1 Å². The van der Waals surface area contributed by atoms with Gasteiger partial charge in [0.1, 0.15) is 5.82 Å². The van der Waals surface area contributed by atoms with Crippen LogP contribution in [-0.4, -0.2) is 18.6 Å². The van der Waals surface area contributed by atoms with E-state index in [-0.39, 0.29) is 0 Å². The van der Waals surface area contributed by atoms with Crippen LogP contribution in [0.15, 0.2) is 35.2 Å². The van der Waals surface area contributed by atoms with Crippen LogP contribution in [0.4, 0.5) is 5.82 Å². The molecule has 0 fully saturated rings. The van der Waals surface area contributed by atoms with Crippen molar-refractivity contribution < 1.29 is 0 Å². The molecule has 1 unspecified atom stereocenters. The maximum Gasteiger partial charge on any atom is 0.128 e. The van der Waals surface area contributed by atoms with E-state index in [0.717, 1.165) is 25.3 Å². The molecule has 2 aromatic rings. The third-order valence-electron chi connectivity index (χ3n) is 3.36. The zero-order valence-corrected chi connectivity index (χ0v) is 13.3. The van der Waals surface area contributed by atoms with Crippen molar-refractivity contribution in [3.05, 3.63) is 46.3 Å². The summed E-state index contributed by atoms with van der Waals surface area (Å²) in [5.74, 6) is 1.03. The Kier molecular flexibility index (Phi) is 5.56. The van der Waals surface area contributed by atoms with Gasteiger partial charge in [0.25, 0.3) is 0 Å². The maximum atomic E-state index is 4.48. The van der Waals surface area contributed by atoms with Crippen LogP contribution in [0.5, 0.6) is 0 Å². The lowest BCUT2D eigenvalue weighted by Gasteiger charge is -2.20. The van der Waals surface area contributed by atoms with E-state index in [9.17, 15) is 0 Å². The Morgan fingerprint density at radius 2 is 2.25 bits per heavy atom. The van der Waals surface area contributed by atoms with Crippen molar-refractivity contribution in [2.24, 2.45) is 0 Å². The lowest BCUT2D eigenvalue weighted by molar-refractivity contribution is 0.570. The molecular formula is C16H23N3S. The molecule has 0 aliphatic carbocycles. The number of nitrogens with zero attached hydrogens (tertiary/aromatic N) is 2. The first-order valence-corrected chi connectivity index (χ1v) is 8.06. The van der Waals surface area contributed by atoms with E-state index < -0.39 is 0 Å². The Bertz CT molecular complexity index is 510. The molecule has 0 spiro atoms. The van der Waals surface area contributed by atoms with Crippen molar-refractivity contribution in [3.63, 3.8) is 0 Å². The quantitative estimate of drug-likeness (QED) is 0.839. The molecule has 2 heterocycles. The molecule has 0 saturated heterocycles. The van der Waals surface area contributed by atoms with E-state index in [1.54, 1.807) is 11.3 Å². The van der Waals surface area contributed by atoms with Crippen LogP contribution in [0.3, 0.4) is 0 Å². The smallest absolute Gasteiger partial charge is 0.128 e. The first-order chi connectivity index (χ1) is 9.70. The average molecular weight is 289 g/mol. The second-order valence-electron chi connectivity index (χ2n) is 5.11. The summed E-state index contributed by atoms with van der Waals surface area (Å²) < 4.78 is 0. The molecule has 2 aromatic heterocycles. The fourth-order valence-electron chi connectivity index (χ4n) is 2.13.